The van der Waals surface area contributed by atoms with Crippen molar-refractivity contribution in [2.24, 2.45) is 0 Å². The number of pyridine rings is 1. The molecule has 0 radical (unpaired) electrons. The lowest BCUT2D eigenvalue weighted by atomic mass is 10.0. The van der Waals surface area contributed by atoms with E-state index in [0.29, 0.717) is 29.9 Å². The van der Waals surface area contributed by atoms with Gasteiger partial charge in [0.25, 0.3) is 0 Å². The first-order valence-electron chi connectivity index (χ1n) is 6.56. The normalized spacial score (nSPS) is 22.1. The molecule has 3 rings (SSSR count). The Morgan fingerprint density at radius 2 is 2.25 bits per heavy atom. The van der Waals surface area contributed by atoms with Crippen molar-refractivity contribution in [2.75, 3.05) is 18.5 Å². The van der Waals surface area contributed by atoms with Crippen LogP contribution < -0.4 is 5.32 Å². The van der Waals surface area contributed by atoms with E-state index in [4.69, 9.17) is 4.74 Å². The summed E-state index contributed by atoms with van der Waals surface area (Å²) in [5, 5.41) is 13.3. The van der Waals surface area contributed by atoms with E-state index in [1.54, 1.807) is 12.1 Å². The monoisotopic (exact) mass is 272 g/mol. The molecular weight excluding hydrogens is 256 g/mol. The Hall–Kier alpha value is -2.14. The summed E-state index contributed by atoms with van der Waals surface area (Å²) in [7, 11) is 0. The predicted octanol–water partition coefficient (Wildman–Crippen LogP) is 2.52. The minimum atomic E-state index is -0.945. The summed E-state index contributed by atoms with van der Waals surface area (Å²) in [6, 6.07) is 8.85. The Kier molecular flexibility index (Phi) is 3.06. The molecule has 0 amide bonds. The van der Waals surface area contributed by atoms with Gasteiger partial charge in [-0.1, -0.05) is 18.2 Å². The summed E-state index contributed by atoms with van der Waals surface area (Å²) < 4.78 is 5.39. The van der Waals surface area contributed by atoms with Crippen LogP contribution in [0.5, 0.6) is 0 Å². The second kappa shape index (κ2) is 4.76. The summed E-state index contributed by atoms with van der Waals surface area (Å²) in [6.45, 7) is 3.37. The molecule has 0 saturated carbocycles. The highest BCUT2D eigenvalue weighted by Crippen LogP contribution is 2.26. The van der Waals surface area contributed by atoms with Gasteiger partial charge in [0.2, 0.25) is 0 Å². The number of anilines is 1. The fourth-order valence-electron chi connectivity index (χ4n) is 2.49. The van der Waals surface area contributed by atoms with E-state index in [-0.39, 0.29) is 11.1 Å². The minimum Gasteiger partial charge on any atom is -0.478 e. The molecule has 1 atom stereocenters. The van der Waals surface area contributed by atoms with E-state index < -0.39 is 5.97 Å². The second-order valence-electron chi connectivity index (χ2n) is 5.37. The Morgan fingerprint density at radius 1 is 1.45 bits per heavy atom. The molecule has 20 heavy (non-hydrogen) atoms. The van der Waals surface area contributed by atoms with Crippen molar-refractivity contribution >= 4 is 22.7 Å². The van der Waals surface area contributed by atoms with Gasteiger partial charge in [0, 0.05) is 12.0 Å². The van der Waals surface area contributed by atoms with Crippen LogP contribution in [0.3, 0.4) is 0 Å². The number of para-hydroxylation sites is 1. The number of carboxylic acid groups (broad SMARTS) is 1. The lowest BCUT2D eigenvalue weighted by Crippen LogP contribution is -2.35. The Bertz CT molecular complexity index is 663. The largest absolute Gasteiger partial charge is 0.478 e. The van der Waals surface area contributed by atoms with Crippen molar-refractivity contribution in [3.05, 3.63) is 35.9 Å². The van der Waals surface area contributed by atoms with Crippen molar-refractivity contribution < 1.29 is 14.6 Å². The van der Waals surface area contributed by atoms with Gasteiger partial charge in [-0.25, -0.2) is 9.78 Å². The summed E-state index contributed by atoms with van der Waals surface area (Å²) >= 11 is 0. The Balaban J connectivity index is 2.05. The molecule has 1 unspecified atom stereocenters. The first kappa shape index (κ1) is 12.9. The molecule has 1 aromatic heterocycles. The van der Waals surface area contributed by atoms with E-state index in [0.717, 1.165) is 6.42 Å². The number of nitrogens with zero attached hydrogens (tertiary/aromatic N) is 1. The number of aromatic carboxylic acids is 1. The van der Waals surface area contributed by atoms with Gasteiger partial charge in [0.05, 0.1) is 23.2 Å². The molecule has 1 aliphatic rings. The van der Waals surface area contributed by atoms with Gasteiger partial charge in [-0.2, -0.15) is 0 Å². The van der Waals surface area contributed by atoms with Crippen LogP contribution in [0.4, 0.5) is 5.82 Å². The van der Waals surface area contributed by atoms with Gasteiger partial charge in [0.15, 0.2) is 0 Å². The number of ether oxygens (including phenoxy) is 1. The van der Waals surface area contributed by atoms with E-state index in [1.807, 2.05) is 18.2 Å². The minimum absolute atomic E-state index is 0.189. The maximum Gasteiger partial charge on any atom is 0.336 e. The summed E-state index contributed by atoms with van der Waals surface area (Å²) in [6.07, 6.45) is 0.879. The molecule has 0 spiro atoms. The topological polar surface area (TPSA) is 71.5 Å². The number of benzene rings is 1. The van der Waals surface area contributed by atoms with Crippen LogP contribution in [0, 0.1) is 0 Å². The summed E-state index contributed by atoms with van der Waals surface area (Å²) in [5.41, 5.74) is 0.753. The first-order chi connectivity index (χ1) is 9.57. The van der Waals surface area contributed by atoms with Crippen LogP contribution in [-0.2, 0) is 4.74 Å². The molecule has 2 N–H and O–H groups in total. The highest BCUT2D eigenvalue weighted by molar-refractivity contribution is 6.03. The summed E-state index contributed by atoms with van der Waals surface area (Å²) in [5.74, 6) is -0.367. The van der Waals surface area contributed by atoms with Crippen molar-refractivity contribution in [3.63, 3.8) is 0 Å². The highest BCUT2D eigenvalue weighted by atomic mass is 16.5. The van der Waals surface area contributed by atoms with Gasteiger partial charge >= 0.3 is 5.97 Å². The first-order valence-corrected chi connectivity index (χ1v) is 6.56. The molecule has 5 nitrogen and oxygen atoms in total. The van der Waals surface area contributed by atoms with Gasteiger partial charge in [0.1, 0.15) is 5.82 Å². The number of carbonyl (C=O) groups is 1. The van der Waals surface area contributed by atoms with E-state index >= 15 is 0 Å². The van der Waals surface area contributed by atoms with Gasteiger partial charge in [-0.15, -0.1) is 0 Å². The average molecular weight is 272 g/mol. The molecule has 104 valence electrons. The third kappa shape index (κ3) is 2.32. The smallest absolute Gasteiger partial charge is 0.336 e. The molecule has 0 bridgehead atoms. The van der Waals surface area contributed by atoms with Gasteiger partial charge in [-0.05, 0) is 25.5 Å². The Morgan fingerprint density at radius 3 is 2.95 bits per heavy atom. The number of hydrogen-bond donors (Lipinski definition) is 2. The second-order valence-corrected chi connectivity index (χ2v) is 5.37. The van der Waals surface area contributed by atoms with Crippen LogP contribution in [0.25, 0.3) is 10.9 Å². The van der Waals surface area contributed by atoms with Crippen molar-refractivity contribution in [2.45, 2.75) is 18.9 Å². The van der Waals surface area contributed by atoms with E-state index in [1.165, 1.54) is 0 Å². The number of rotatable bonds is 3. The zero-order valence-corrected chi connectivity index (χ0v) is 11.2. The zero-order chi connectivity index (χ0) is 14.2. The van der Waals surface area contributed by atoms with Crippen LogP contribution in [0.2, 0.25) is 0 Å². The molecule has 1 fully saturated rings. The van der Waals surface area contributed by atoms with Crippen LogP contribution in [0.15, 0.2) is 30.3 Å². The van der Waals surface area contributed by atoms with E-state index in [9.17, 15) is 9.90 Å². The third-order valence-corrected chi connectivity index (χ3v) is 3.60. The van der Waals surface area contributed by atoms with E-state index in [2.05, 4.69) is 17.2 Å². The lowest BCUT2D eigenvalue weighted by Gasteiger charge is -2.24. The Labute approximate surface area is 116 Å². The highest BCUT2D eigenvalue weighted by Gasteiger charge is 2.30. The predicted molar refractivity (Wildman–Crippen MR) is 76.2 cm³/mol. The fourth-order valence-corrected chi connectivity index (χ4v) is 2.49. The SMILES string of the molecule is CC1(Nc2cc(C(=O)O)c3ccccc3n2)CCOC1. The number of aromatic nitrogens is 1. The molecule has 1 aromatic carbocycles. The number of carboxylic acids is 1. The number of hydrogen-bond acceptors (Lipinski definition) is 4. The molecule has 2 aromatic rings. The fraction of sp³-hybridized carbons (Fsp3) is 0.333. The average Bonchev–Trinajstić information content (AvgIpc) is 2.84. The van der Waals surface area contributed by atoms with Crippen molar-refractivity contribution in [3.8, 4) is 0 Å². The van der Waals surface area contributed by atoms with Crippen molar-refractivity contribution in [1.82, 2.24) is 4.98 Å². The lowest BCUT2D eigenvalue weighted by molar-refractivity contribution is 0.0699. The zero-order valence-electron chi connectivity index (χ0n) is 11.2. The standard InChI is InChI=1S/C15H16N2O3/c1-15(6-7-20-9-15)17-13-8-11(14(18)19)10-4-2-3-5-12(10)16-13/h2-5,8H,6-7,9H2,1H3,(H,16,17)(H,18,19). The van der Waals surface area contributed by atoms with Crippen LogP contribution >= 0.6 is 0 Å². The van der Waals surface area contributed by atoms with Gasteiger partial charge in [-0.3, -0.25) is 0 Å². The summed E-state index contributed by atoms with van der Waals surface area (Å²) in [4.78, 5) is 15.9. The molecule has 1 saturated heterocycles. The third-order valence-electron chi connectivity index (χ3n) is 3.60. The molecule has 1 aliphatic heterocycles. The molecule has 5 heteroatoms. The quantitative estimate of drug-likeness (QED) is 0.898. The van der Waals surface area contributed by atoms with Crippen LogP contribution in [0.1, 0.15) is 23.7 Å². The van der Waals surface area contributed by atoms with Crippen LogP contribution in [-0.4, -0.2) is 34.8 Å². The molecule has 0 aliphatic carbocycles. The van der Waals surface area contributed by atoms with Crippen molar-refractivity contribution in [1.29, 1.82) is 0 Å². The molecule has 2 heterocycles. The van der Waals surface area contributed by atoms with Gasteiger partial charge < -0.3 is 15.2 Å². The molecular formula is C15H16N2O3. The number of fused-ring (bicyclic) bond motifs is 1. The maximum absolute atomic E-state index is 11.4. The maximum atomic E-state index is 11.4. The number of nitrogens with one attached hydrogen (secondary N) is 1.